The summed E-state index contributed by atoms with van der Waals surface area (Å²) in [6, 6.07) is 11.0. The quantitative estimate of drug-likeness (QED) is 0.547. The molecule has 8 heteroatoms. The molecule has 26 heavy (non-hydrogen) atoms. The van der Waals surface area contributed by atoms with Gasteiger partial charge in [0, 0.05) is 6.07 Å². The van der Waals surface area contributed by atoms with Gasteiger partial charge in [-0.3, -0.25) is 0 Å². The predicted octanol–water partition coefficient (Wildman–Crippen LogP) is 3.02. The van der Waals surface area contributed by atoms with Crippen LogP contribution < -0.4 is 14.2 Å². The molecule has 0 spiro atoms. The van der Waals surface area contributed by atoms with Crippen LogP contribution in [0.3, 0.4) is 0 Å². The smallest absolute Gasteiger partial charge is 0.230 e. The lowest BCUT2D eigenvalue weighted by atomic mass is 10.2. The van der Waals surface area contributed by atoms with E-state index < -0.39 is 0 Å². The molecule has 4 aromatic rings. The summed E-state index contributed by atoms with van der Waals surface area (Å²) in [6.45, 7) is 0. The molecule has 2 aromatic carbocycles. The van der Waals surface area contributed by atoms with Crippen molar-refractivity contribution in [3.05, 3.63) is 55.4 Å². The van der Waals surface area contributed by atoms with E-state index in [0.29, 0.717) is 34.0 Å². The van der Waals surface area contributed by atoms with Crippen molar-refractivity contribution >= 4 is 10.9 Å². The molecular weight excluding hydrogens is 334 g/mol. The van der Waals surface area contributed by atoms with Crippen molar-refractivity contribution in [2.75, 3.05) is 14.2 Å². The van der Waals surface area contributed by atoms with Gasteiger partial charge in [0.2, 0.25) is 5.88 Å². The minimum Gasteiger partial charge on any atom is -0.497 e. The van der Waals surface area contributed by atoms with Gasteiger partial charge < -0.3 is 14.2 Å². The lowest BCUT2D eigenvalue weighted by Crippen LogP contribution is -1.96. The third-order valence-corrected chi connectivity index (χ3v) is 3.83. The summed E-state index contributed by atoms with van der Waals surface area (Å²) < 4.78 is 18.3. The molecule has 0 saturated heterocycles. The molecule has 0 fully saturated rings. The first-order valence-electron chi connectivity index (χ1n) is 7.78. The Morgan fingerprint density at radius 3 is 2.42 bits per heavy atom. The maximum atomic E-state index is 5.96. The summed E-state index contributed by atoms with van der Waals surface area (Å²) in [7, 11) is 3.17. The van der Waals surface area contributed by atoms with Crippen molar-refractivity contribution in [2.45, 2.75) is 0 Å². The Morgan fingerprint density at radius 2 is 1.73 bits per heavy atom. The minimum atomic E-state index is 0.417. The summed E-state index contributed by atoms with van der Waals surface area (Å²) in [6.07, 6.45) is 4.56. The highest BCUT2D eigenvalue weighted by Gasteiger charge is 2.13. The summed E-state index contributed by atoms with van der Waals surface area (Å²) in [4.78, 5) is 12.5. The normalized spacial score (nSPS) is 10.7. The fourth-order valence-corrected chi connectivity index (χ4v) is 2.56. The molecule has 0 bridgehead atoms. The second-order valence-corrected chi connectivity index (χ2v) is 5.34. The van der Waals surface area contributed by atoms with Crippen molar-refractivity contribution in [1.29, 1.82) is 0 Å². The molecular formula is C18H15N5O3. The number of benzene rings is 2. The highest BCUT2D eigenvalue weighted by atomic mass is 16.5. The Labute approximate surface area is 149 Å². The fourth-order valence-electron chi connectivity index (χ4n) is 2.56. The van der Waals surface area contributed by atoms with E-state index in [1.807, 2.05) is 30.3 Å². The third kappa shape index (κ3) is 2.88. The monoisotopic (exact) mass is 349 g/mol. The minimum absolute atomic E-state index is 0.417. The summed E-state index contributed by atoms with van der Waals surface area (Å²) in [5.41, 5.74) is 1.53. The largest absolute Gasteiger partial charge is 0.497 e. The molecule has 0 N–H and O–H groups in total. The molecule has 0 aliphatic carbocycles. The standard InChI is InChI=1S/C18H15N5O3/c1-24-14-7-15-17(16(8-14)25-2)20-10-21-18(15)26-13-5-3-12(4-6-13)23-11-19-9-22-23/h3-11H,1-2H3. The van der Waals surface area contributed by atoms with Crippen molar-refractivity contribution in [1.82, 2.24) is 24.7 Å². The van der Waals surface area contributed by atoms with E-state index in [1.165, 1.54) is 12.7 Å². The topological polar surface area (TPSA) is 84.2 Å². The van der Waals surface area contributed by atoms with Crippen LogP contribution in [0.15, 0.2) is 55.4 Å². The lowest BCUT2D eigenvalue weighted by molar-refractivity contribution is 0.396. The number of hydrogen-bond donors (Lipinski definition) is 0. The second kappa shape index (κ2) is 6.67. The van der Waals surface area contributed by atoms with Crippen LogP contribution in [0.2, 0.25) is 0 Å². The first kappa shape index (κ1) is 15.8. The summed E-state index contributed by atoms with van der Waals surface area (Å²) in [5, 5.41) is 4.79. The van der Waals surface area contributed by atoms with E-state index >= 15 is 0 Å². The van der Waals surface area contributed by atoms with Crippen LogP contribution >= 0.6 is 0 Å². The molecule has 4 rings (SSSR count). The molecule has 130 valence electrons. The van der Waals surface area contributed by atoms with Crippen molar-refractivity contribution in [3.63, 3.8) is 0 Å². The molecule has 0 aliphatic heterocycles. The van der Waals surface area contributed by atoms with Gasteiger partial charge in [-0.2, -0.15) is 5.10 Å². The van der Waals surface area contributed by atoms with Crippen LogP contribution in [0.1, 0.15) is 0 Å². The second-order valence-electron chi connectivity index (χ2n) is 5.34. The Balaban J connectivity index is 1.71. The van der Waals surface area contributed by atoms with Crippen LogP contribution in [0.25, 0.3) is 16.6 Å². The molecule has 2 aromatic heterocycles. The molecule has 0 unspecified atom stereocenters. The van der Waals surface area contributed by atoms with Gasteiger partial charge in [0.25, 0.3) is 0 Å². The third-order valence-electron chi connectivity index (χ3n) is 3.83. The average molecular weight is 349 g/mol. The number of methoxy groups -OCH3 is 2. The van der Waals surface area contributed by atoms with Crippen LogP contribution in [-0.2, 0) is 0 Å². The number of nitrogens with zero attached hydrogens (tertiary/aromatic N) is 5. The molecule has 2 heterocycles. The zero-order valence-electron chi connectivity index (χ0n) is 14.2. The summed E-state index contributed by atoms with van der Waals surface area (Å²) >= 11 is 0. The first-order valence-corrected chi connectivity index (χ1v) is 7.78. The summed E-state index contributed by atoms with van der Waals surface area (Å²) in [5.74, 6) is 2.28. The molecule has 0 saturated carbocycles. The Hall–Kier alpha value is -3.68. The lowest BCUT2D eigenvalue weighted by Gasteiger charge is -2.11. The van der Waals surface area contributed by atoms with Crippen LogP contribution in [0.5, 0.6) is 23.1 Å². The highest BCUT2D eigenvalue weighted by molar-refractivity contribution is 5.90. The van der Waals surface area contributed by atoms with Gasteiger partial charge in [0.1, 0.15) is 41.7 Å². The zero-order chi connectivity index (χ0) is 17.9. The van der Waals surface area contributed by atoms with Gasteiger partial charge in [-0.1, -0.05) is 0 Å². The van der Waals surface area contributed by atoms with E-state index in [9.17, 15) is 0 Å². The van der Waals surface area contributed by atoms with Crippen LogP contribution in [-0.4, -0.2) is 39.0 Å². The van der Waals surface area contributed by atoms with E-state index in [2.05, 4.69) is 20.1 Å². The SMILES string of the molecule is COc1cc(OC)c2ncnc(Oc3ccc(-n4cncn4)cc3)c2c1. The average Bonchev–Trinajstić information content (AvgIpc) is 3.23. The number of fused-ring (bicyclic) bond motifs is 1. The van der Waals surface area contributed by atoms with Crippen molar-refractivity contribution in [3.8, 4) is 28.8 Å². The van der Waals surface area contributed by atoms with Crippen LogP contribution in [0, 0.1) is 0 Å². The van der Waals surface area contributed by atoms with Crippen molar-refractivity contribution in [2.24, 2.45) is 0 Å². The Kier molecular flexibility index (Phi) is 4.06. The molecule has 0 aliphatic rings. The Bertz CT molecular complexity index is 1030. The first-order chi connectivity index (χ1) is 12.8. The number of rotatable bonds is 5. The number of hydrogen-bond acceptors (Lipinski definition) is 7. The van der Waals surface area contributed by atoms with Gasteiger partial charge in [0.15, 0.2) is 0 Å². The maximum Gasteiger partial charge on any atom is 0.230 e. The molecule has 0 radical (unpaired) electrons. The Morgan fingerprint density at radius 1 is 0.885 bits per heavy atom. The van der Waals surface area contributed by atoms with E-state index in [0.717, 1.165) is 5.69 Å². The maximum absolute atomic E-state index is 5.96. The van der Waals surface area contributed by atoms with E-state index in [1.54, 1.807) is 31.3 Å². The van der Waals surface area contributed by atoms with Gasteiger partial charge >= 0.3 is 0 Å². The number of ether oxygens (including phenoxy) is 3. The van der Waals surface area contributed by atoms with Gasteiger partial charge in [0.05, 0.1) is 25.3 Å². The predicted molar refractivity (Wildman–Crippen MR) is 94.1 cm³/mol. The van der Waals surface area contributed by atoms with E-state index in [-0.39, 0.29) is 0 Å². The van der Waals surface area contributed by atoms with Crippen LogP contribution in [0.4, 0.5) is 0 Å². The van der Waals surface area contributed by atoms with E-state index in [4.69, 9.17) is 14.2 Å². The van der Waals surface area contributed by atoms with Crippen molar-refractivity contribution < 1.29 is 14.2 Å². The zero-order valence-corrected chi connectivity index (χ0v) is 14.2. The highest BCUT2D eigenvalue weighted by Crippen LogP contribution is 2.35. The molecule has 0 atom stereocenters. The van der Waals surface area contributed by atoms with Gasteiger partial charge in [-0.05, 0) is 30.3 Å². The molecule has 8 nitrogen and oxygen atoms in total. The molecule has 0 amide bonds. The number of aromatic nitrogens is 5. The van der Waals surface area contributed by atoms with Gasteiger partial charge in [-0.25, -0.2) is 19.6 Å². The van der Waals surface area contributed by atoms with Gasteiger partial charge in [-0.15, -0.1) is 0 Å². The fraction of sp³-hybridized carbons (Fsp3) is 0.111.